The van der Waals surface area contributed by atoms with Crippen LogP contribution in [0.15, 0.2) is 67.3 Å². The number of carbonyl (C=O) groups excluding carboxylic acids is 2. The van der Waals surface area contributed by atoms with E-state index in [1.807, 2.05) is 53.4 Å². The average molecular weight is 463 g/mol. The molecule has 1 aliphatic heterocycles. The van der Waals surface area contributed by atoms with Crippen LogP contribution >= 0.6 is 0 Å². The molecule has 2 atom stereocenters. The highest BCUT2D eigenvalue weighted by Crippen LogP contribution is 2.34. The highest BCUT2D eigenvalue weighted by Gasteiger charge is 2.38. The van der Waals surface area contributed by atoms with Gasteiger partial charge in [-0.2, -0.15) is 0 Å². The van der Waals surface area contributed by atoms with Crippen LogP contribution in [0.1, 0.15) is 62.6 Å². The van der Waals surface area contributed by atoms with Gasteiger partial charge in [-0.15, -0.1) is 6.58 Å². The van der Waals surface area contributed by atoms with Crippen molar-refractivity contribution >= 4 is 11.8 Å². The summed E-state index contributed by atoms with van der Waals surface area (Å²) in [5.74, 6) is 0.608. The lowest BCUT2D eigenvalue weighted by Gasteiger charge is -2.36. The number of ether oxygens (including phenoxy) is 1. The van der Waals surface area contributed by atoms with Gasteiger partial charge in [0.1, 0.15) is 11.8 Å². The highest BCUT2D eigenvalue weighted by molar-refractivity contribution is 5.90. The van der Waals surface area contributed by atoms with Gasteiger partial charge < -0.3 is 14.5 Å². The second-order valence-corrected chi connectivity index (χ2v) is 8.90. The van der Waals surface area contributed by atoms with Gasteiger partial charge in [0.05, 0.1) is 7.11 Å². The molecule has 5 nitrogen and oxygen atoms in total. The number of carbonyl (C=O) groups is 2. The van der Waals surface area contributed by atoms with Gasteiger partial charge in [0.2, 0.25) is 5.91 Å². The number of hydrogen-bond acceptors (Lipinski definition) is 3. The van der Waals surface area contributed by atoms with E-state index < -0.39 is 6.04 Å². The van der Waals surface area contributed by atoms with E-state index in [1.165, 1.54) is 5.56 Å². The highest BCUT2D eigenvalue weighted by atomic mass is 16.5. The molecular formula is C29H38N2O3. The molecule has 1 saturated heterocycles. The van der Waals surface area contributed by atoms with Crippen LogP contribution in [0.5, 0.6) is 5.75 Å². The van der Waals surface area contributed by atoms with Crippen LogP contribution in [0.25, 0.3) is 0 Å². The standard InChI is InChI=1S/C29H38N2O3/c1-4-6-21-31(27(32)20-12-16-23-14-8-7-9-15-23)28(25-18-10-11-19-26(25)34-3)29(33)30-22-13-17-24(30)5-2/h5,7-11,14-15,18-19,24,28H,2,4,6,12-13,16-17,20-22H2,1,3H3. The topological polar surface area (TPSA) is 49.9 Å². The Bertz CT molecular complexity index is 943. The molecule has 0 saturated carbocycles. The molecule has 1 heterocycles. The van der Waals surface area contributed by atoms with Gasteiger partial charge in [-0.3, -0.25) is 9.59 Å². The molecule has 0 spiro atoms. The largest absolute Gasteiger partial charge is 0.496 e. The lowest BCUT2D eigenvalue weighted by molar-refractivity contribution is -0.146. The van der Waals surface area contributed by atoms with Crippen LogP contribution < -0.4 is 4.74 Å². The zero-order valence-corrected chi connectivity index (χ0v) is 20.6. The number of likely N-dealkylation sites (tertiary alicyclic amines) is 1. The van der Waals surface area contributed by atoms with E-state index in [9.17, 15) is 9.59 Å². The quantitative estimate of drug-likeness (QED) is 0.388. The minimum atomic E-state index is -0.701. The Morgan fingerprint density at radius 2 is 1.88 bits per heavy atom. The summed E-state index contributed by atoms with van der Waals surface area (Å²) >= 11 is 0. The first kappa shape index (κ1) is 25.5. The molecule has 0 N–H and O–H groups in total. The molecule has 0 aliphatic carbocycles. The summed E-state index contributed by atoms with van der Waals surface area (Å²) in [7, 11) is 1.61. The first-order chi connectivity index (χ1) is 16.6. The molecule has 34 heavy (non-hydrogen) atoms. The lowest BCUT2D eigenvalue weighted by Crippen LogP contribution is -2.47. The minimum absolute atomic E-state index is 0.00548. The first-order valence-electron chi connectivity index (χ1n) is 12.5. The van der Waals surface area contributed by atoms with Gasteiger partial charge in [0, 0.05) is 31.1 Å². The van der Waals surface area contributed by atoms with Crippen LogP contribution in [0.4, 0.5) is 0 Å². The van der Waals surface area contributed by atoms with E-state index in [0.717, 1.165) is 44.1 Å². The third kappa shape index (κ3) is 6.28. The fraction of sp³-hybridized carbons (Fsp3) is 0.448. The molecule has 182 valence electrons. The van der Waals surface area contributed by atoms with E-state index >= 15 is 0 Å². The fourth-order valence-corrected chi connectivity index (χ4v) is 4.75. The Hall–Kier alpha value is -3.08. The van der Waals surface area contributed by atoms with Gasteiger partial charge >= 0.3 is 0 Å². The Labute approximate surface area is 204 Å². The molecule has 5 heteroatoms. The summed E-state index contributed by atoms with van der Waals surface area (Å²) in [5.41, 5.74) is 1.97. The third-order valence-electron chi connectivity index (χ3n) is 6.61. The van der Waals surface area contributed by atoms with Crippen molar-refractivity contribution in [2.75, 3.05) is 20.2 Å². The number of para-hydroxylation sites is 1. The molecule has 1 fully saturated rings. The number of hydrogen-bond donors (Lipinski definition) is 0. The van der Waals surface area contributed by atoms with Crippen molar-refractivity contribution in [1.29, 1.82) is 0 Å². The van der Waals surface area contributed by atoms with Crippen molar-refractivity contribution in [3.8, 4) is 5.75 Å². The van der Waals surface area contributed by atoms with Gasteiger partial charge in [-0.25, -0.2) is 0 Å². The van der Waals surface area contributed by atoms with Crippen LogP contribution in [0.2, 0.25) is 0 Å². The van der Waals surface area contributed by atoms with Crippen molar-refractivity contribution in [2.24, 2.45) is 0 Å². The number of unbranched alkanes of at least 4 members (excludes halogenated alkanes) is 1. The number of nitrogens with zero attached hydrogens (tertiary/aromatic N) is 2. The molecular weight excluding hydrogens is 424 g/mol. The Kier molecular flexibility index (Phi) is 9.75. The summed E-state index contributed by atoms with van der Waals surface area (Å²) in [6.07, 6.45) is 7.48. The molecule has 0 aromatic heterocycles. The average Bonchev–Trinajstić information content (AvgIpc) is 3.36. The van der Waals surface area contributed by atoms with Gasteiger partial charge in [0.15, 0.2) is 0 Å². The predicted molar refractivity (Wildman–Crippen MR) is 137 cm³/mol. The Morgan fingerprint density at radius 1 is 1.15 bits per heavy atom. The first-order valence-corrected chi connectivity index (χ1v) is 12.5. The summed E-state index contributed by atoms with van der Waals surface area (Å²) < 4.78 is 5.64. The fourth-order valence-electron chi connectivity index (χ4n) is 4.75. The molecule has 2 aromatic rings. The van der Waals surface area contributed by atoms with E-state index in [-0.39, 0.29) is 17.9 Å². The maximum atomic E-state index is 14.0. The second-order valence-electron chi connectivity index (χ2n) is 8.90. The summed E-state index contributed by atoms with van der Waals surface area (Å²) in [6.45, 7) is 7.27. The summed E-state index contributed by atoms with van der Waals surface area (Å²) in [6, 6.07) is 17.1. The van der Waals surface area contributed by atoms with Gasteiger partial charge in [-0.05, 0) is 43.7 Å². The van der Waals surface area contributed by atoms with E-state index in [4.69, 9.17) is 4.74 Å². The van der Waals surface area contributed by atoms with E-state index in [2.05, 4.69) is 25.6 Å². The SMILES string of the molecule is C=CC1CCCN1C(=O)C(c1ccccc1OC)N(CCCC)C(=O)CCCc1ccccc1. The van der Waals surface area contributed by atoms with Crippen LogP contribution in [0.3, 0.4) is 0 Å². The molecule has 2 amide bonds. The number of benzene rings is 2. The van der Waals surface area contributed by atoms with Crippen molar-refractivity contribution < 1.29 is 14.3 Å². The summed E-state index contributed by atoms with van der Waals surface area (Å²) in [4.78, 5) is 31.3. The van der Waals surface area contributed by atoms with Crippen LogP contribution in [-0.2, 0) is 16.0 Å². The number of amides is 2. The van der Waals surface area contributed by atoms with Gasteiger partial charge in [0.25, 0.3) is 5.91 Å². The molecule has 2 aromatic carbocycles. The molecule has 3 rings (SSSR count). The second kappa shape index (κ2) is 13.0. The minimum Gasteiger partial charge on any atom is -0.496 e. The molecule has 0 bridgehead atoms. The number of rotatable bonds is 12. The van der Waals surface area contributed by atoms with E-state index in [1.54, 1.807) is 12.0 Å². The van der Waals surface area contributed by atoms with Crippen molar-refractivity contribution in [3.63, 3.8) is 0 Å². The van der Waals surface area contributed by atoms with Crippen molar-refractivity contribution in [2.45, 2.75) is 64.0 Å². The lowest BCUT2D eigenvalue weighted by atomic mass is 10.00. The maximum absolute atomic E-state index is 14.0. The summed E-state index contributed by atoms with van der Waals surface area (Å²) in [5, 5.41) is 0. The normalized spacial score (nSPS) is 16.2. The van der Waals surface area contributed by atoms with Crippen LogP contribution in [0, 0.1) is 0 Å². The van der Waals surface area contributed by atoms with Crippen LogP contribution in [-0.4, -0.2) is 47.9 Å². The zero-order valence-electron chi connectivity index (χ0n) is 20.6. The van der Waals surface area contributed by atoms with Crippen molar-refractivity contribution in [1.82, 2.24) is 9.80 Å². The zero-order chi connectivity index (χ0) is 24.3. The molecule has 0 radical (unpaired) electrons. The monoisotopic (exact) mass is 462 g/mol. The van der Waals surface area contributed by atoms with E-state index in [0.29, 0.717) is 25.3 Å². The van der Waals surface area contributed by atoms with Gasteiger partial charge in [-0.1, -0.05) is 68.0 Å². The third-order valence-corrected chi connectivity index (χ3v) is 6.61. The van der Waals surface area contributed by atoms with Crippen molar-refractivity contribution in [3.05, 3.63) is 78.4 Å². The number of aryl methyl sites for hydroxylation is 1. The molecule has 1 aliphatic rings. The Balaban J connectivity index is 1.90. The predicted octanol–water partition coefficient (Wildman–Crippen LogP) is 5.56. The number of methoxy groups -OCH3 is 1. The Morgan fingerprint density at radius 3 is 2.59 bits per heavy atom. The smallest absolute Gasteiger partial charge is 0.250 e. The molecule has 2 unspecified atom stereocenters. The maximum Gasteiger partial charge on any atom is 0.250 e.